The third kappa shape index (κ3) is 8.24. The molecule has 2 unspecified atom stereocenters. The fourth-order valence-electron chi connectivity index (χ4n) is 3.51. The predicted molar refractivity (Wildman–Crippen MR) is 138 cm³/mol. The summed E-state index contributed by atoms with van der Waals surface area (Å²) in [7, 11) is 1.52. The Labute approximate surface area is 216 Å². The molecule has 10 nitrogen and oxygen atoms in total. The van der Waals surface area contributed by atoms with E-state index in [1.54, 1.807) is 69.3 Å². The quantitative estimate of drug-likeness (QED) is 0.358. The van der Waals surface area contributed by atoms with Gasteiger partial charge in [0.1, 0.15) is 23.4 Å². The van der Waals surface area contributed by atoms with Crippen molar-refractivity contribution in [2.75, 3.05) is 32.2 Å². The Morgan fingerprint density at radius 1 is 1.08 bits per heavy atom. The molecule has 0 aliphatic heterocycles. The highest BCUT2D eigenvalue weighted by Crippen LogP contribution is 2.27. The molecule has 0 saturated heterocycles. The average Bonchev–Trinajstić information content (AvgIpc) is 2.86. The van der Waals surface area contributed by atoms with Gasteiger partial charge in [0.05, 0.1) is 20.3 Å². The first-order valence-corrected chi connectivity index (χ1v) is 11.6. The number of aliphatic hydroxyl groups is 2. The Balaban J connectivity index is 2.48. The molecule has 3 amide bonds. The lowest BCUT2D eigenvalue weighted by Gasteiger charge is -2.34. The number of hydrogen-bond acceptors (Lipinski definition) is 7. The number of alkyl carbamates (subject to hydrolysis) is 1. The smallest absolute Gasteiger partial charge is 0.408 e. The lowest BCUT2D eigenvalue weighted by atomic mass is 9.97. The highest BCUT2D eigenvalue weighted by molar-refractivity contribution is 5.99. The van der Waals surface area contributed by atoms with E-state index >= 15 is 0 Å². The maximum Gasteiger partial charge on any atom is 0.408 e. The van der Waals surface area contributed by atoms with Gasteiger partial charge in [0, 0.05) is 17.8 Å². The van der Waals surface area contributed by atoms with Crippen LogP contribution in [0.25, 0.3) is 0 Å². The van der Waals surface area contributed by atoms with Gasteiger partial charge < -0.3 is 35.2 Å². The van der Waals surface area contributed by atoms with Crippen LogP contribution in [0.4, 0.5) is 10.5 Å². The van der Waals surface area contributed by atoms with Crippen molar-refractivity contribution in [3.8, 4) is 18.1 Å². The van der Waals surface area contributed by atoms with Crippen LogP contribution in [-0.4, -0.2) is 71.5 Å². The second kappa shape index (κ2) is 13.3. The summed E-state index contributed by atoms with van der Waals surface area (Å²) in [6.45, 7) is 3.39. The average molecular weight is 512 g/mol. The Morgan fingerprint density at radius 3 is 2.27 bits per heavy atom. The maximum atomic E-state index is 13.6. The van der Waals surface area contributed by atoms with Crippen LogP contribution < -0.4 is 15.4 Å². The van der Waals surface area contributed by atoms with Gasteiger partial charge in [0.25, 0.3) is 5.91 Å². The molecule has 0 heterocycles. The first kappa shape index (κ1) is 29.2. The molecule has 0 bridgehead atoms. The lowest BCUT2D eigenvalue weighted by molar-refractivity contribution is -0.142. The number of terminal acetylenes is 1. The topological polar surface area (TPSA) is 137 Å². The molecule has 2 rings (SSSR count). The summed E-state index contributed by atoms with van der Waals surface area (Å²) in [6.07, 6.45) is 4.75. The molecule has 2 aromatic rings. The zero-order chi connectivity index (χ0) is 27.6. The summed E-state index contributed by atoms with van der Waals surface area (Å²) in [5.41, 5.74) is 0.265. The van der Waals surface area contributed by atoms with Crippen molar-refractivity contribution in [2.45, 2.75) is 38.5 Å². The minimum atomic E-state index is -1.45. The van der Waals surface area contributed by atoms with Gasteiger partial charge in [0.2, 0.25) is 5.91 Å². The summed E-state index contributed by atoms with van der Waals surface area (Å²) >= 11 is 0. The number of amides is 3. The van der Waals surface area contributed by atoms with Crippen molar-refractivity contribution in [1.82, 2.24) is 10.2 Å². The molecule has 0 aliphatic rings. The van der Waals surface area contributed by atoms with Gasteiger partial charge in [0.15, 0.2) is 0 Å². The van der Waals surface area contributed by atoms with Gasteiger partial charge in [-0.15, -0.1) is 6.42 Å². The fourth-order valence-corrected chi connectivity index (χ4v) is 3.51. The molecule has 2 atom stereocenters. The number of ether oxygens (including phenoxy) is 2. The van der Waals surface area contributed by atoms with Crippen LogP contribution >= 0.6 is 0 Å². The molecule has 4 N–H and O–H groups in total. The number of carbonyl (C=O) groups is 3. The summed E-state index contributed by atoms with van der Waals surface area (Å²) < 4.78 is 10.3. The van der Waals surface area contributed by atoms with Crippen LogP contribution in [-0.2, 0) is 14.3 Å². The molecule has 0 spiro atoms. The van der Waals surface area contributed by atoms with E-state index in [0.29, 0.717) is 22.6 Å². The van der Waals surface area contributed by atoms with Crippen LogP contribution in [0.1, 0.15) is 37.9 Å². The third-order valence-electron chi connectivity index (χ3n) is 5.12. The van der Waals surface area contributed by atoms with E-state index in [9.17, 15) is 24.6 Å². The number of nitrogens with zero attached hydrogens (tertiary/aromatic N) is 1. The molecule has 10 heteroatoms. The van der Waals surface area contributed by atoms with Crippen LogP contribution in [0.2, 0.25) is 0 Å². The third-order valence-corrected chi connectivity index (χ3v) is 5.12. The Bertz CT molecular complexity index is 1120. The minimum Gasteiger partial charge on any atom is -0.497 e. The van der Waals surface area contributed by atoms with Crippen molar-refractivity contribution < 1.29 is 34.1 Å². The normalized spacial score (nSPS) is 12.5. The van der Waals surface area contributed by atoms with Gasteiger partial charge in [-0.3, -0.25) is 9.59 Å². The Kier molecular flexibility index (Phi) is 10.5. The van der Waals surface area contributed by atoms with E-state index in [2.05, 4.69) is 16.6 Å². The molecule has 198 valence electrons. The Morgan fingerprint density at radius 2 is 1.73 bits per heavy atom. The number of benzene rings is 2. The van der Waals surface area contributed by atoms with Crippen molar-refractivity contribution >= 4 is 23.6 Å². The zero-order valence-electron chi connectivity index (χ0n) is 21.4. The predicted octanol–water partition coefficient (Wildman–Crippen LogP) is 2.06. The fraction of sp³-hybridized carbons (Fsp3) is 0.370. The second-order valence-corrected chi connectivity index (χ2v) is 8.99. The van der Waals surface area contributed by atoms with Gasteiger partial charge in [-0.05, 0) is 56.7 Å². The summed E-state index contributed by atoms with van der Waals surface area (Å²) in [4.78, 5) is 40.5. The minimum absolute atomic E-state index is 0.287. The summed E-state index contributed by atoms with van der Waals surface area (Å²) in [6, 6.07) is 10.4. The SMILES string of the molecule is C#Cc1ccccc1C(C(=O)Nc1ccc(OC)cc1)N(CCO)C(=O)C(CO)NC(=O)OC(C)(C)C. The molecule has 2 aromatic carbocycles. The highest BCUT2D eigenvalue weighted by atomic mass is 16.6. The summed E-state index contributed by atoms with van der Waals surface area (Å²) in [5, 5.41) is 24.8. The first-order chi connectivity index (χ1) is 17.5. The standard InChI is InChI=1S/C27H33N3O7/c1-6-18-9-7-8-10-21(18)23(24(33)28-19-11-13-20(36-5)14-12-19)30(15-16-31)25(34)22(17-32)29-26(35)37-27(2,3)4/h1,7-14,22-23,31-32H,15-17H2,2-5H3,(H,28,33)(H,29,35). The maximum absolute atomic E-state index is 13.6. The van der Waals surface area contributed by atoms with Gasteiger partial charge >= 0.3 is 6.09 Å². The lowest BCUT2D eigenvalue weighted by Crippen LogP contribution is -2.54. The molecule has 0 saturated carbocycles. The van der Waals surface area contributed by atoms with E-state index in [1.807, 2.05) is 0 Å². The van der Waals surface area contributed by atoms with E-state index < -0.39 is 48.8 Å². The molecular weight excluding hydrogens is 478 g/mol. The van der Waals surface area contributed by atoms with E-state index in [1.165, 1.54) is 7.11 Å². The number of hydrogen-bond donors (Lipinski definition) is 4. The largest absolute Gasteiger partial charge is 0.497 e. The molecule has 0 aromatic heterocycles. The Hall–Kier alpha value is -4.07. The van der Waals surface area contributed by atoms with Crippen LogP contribution in [0, 0.1) is 12.3 Å². The molecule has 37 heavy (non-hydrogen) atoms. The van der Waals surface area contributed by atoms with Crippen LogP contribution in [0.5, 0.6) is 5.75 Å². The van der Waals surface area contributed by atoms with Crippen molar-refractivity contribution in [1.29, 1.82) is 0 Å². The number of methoxy groups -OCH3 is 1. The number of carbonyl (C=O) groups excluding carboxylic acids is 3. The molecular formula is C27H33N3O7. The van der Waals surface area contributed by atoms with Crippen LogP contribution in [0.15, 0.2) is 48.5 Å². The number of rotatable bonds is 10. The molecule has 0 fully saturated rings. The van der Waals surface area contributed by atoms with Gasteiger partial charge in [-0.25, -0.2) is 4.79 Å². The number of anilines is 1. The number of nitrogens with one attached hydrogen (secondary N) is 2. The summed E-state index contributed by atoms with van der Waals surface area (Å²) in [5.74, 6) is 1.66. The first-order valence-electron chi connectivity index (χ1n) is 11.6. The van der Waals surface area contributed by atoms with Gasteiger partial charge in [-0.2, -0.15) is 0 Å². The van der Waals surface area contributed by atoms with Crippen molar-refractivity contribution in [3.63, 3.8) is 0 Å². The van der Waals surface area contributed by atoms with E-state index in [0.717, 1.165) is 4.90 Å². The highest BCUT2D eigenvalue weighted by Gasteiger charge is 2.36. The van der Waals surface area contributed by atoms with Crippen LogP contribution in [0.3, 0.4) is 0 Å². The van der Waals surface area contributed by atoms with Gasteiger partial charge in [-0.1, -0.05) is 24.1 Å². The molecule has 0 aliphatic carbocycles. The monoisotopic (exact) mass is 511 g/mol. The van der Waals surface area contributed by atoms with E-state index in [4.69, 9.17) is 15.9 Å². The zero-order valence-corrected chi connectivity index (χ0v) is 21.4. The second-order valence-electron chi connectivity index (χ2n) is 8.99. The van der Waals surface area contributed by atoms with Crippen molar-refractivity contribution in [3.05, 3.63) is 59.7 Å². The molecule has 0 radical (unpaired) electrons. The van der Waals surface area contributed by atoms with E-state index in [-0.39, 0.29) is 6.54 Å². The van der Waals surface area contributed by atoms with Crippen molar-refractivity contribution in [2.24, 2.45) is 0 Å². The number of aliphatic hydroxyl groups excluding tert-OH is 2.